The van der Waals surface area contributed by atoms with Crippen LogP contribution in [0.5, 0.6) is 0 Å². The molecule has 8 heteroatoms. The number of anilines is 2. The quantitative estimate of drug-likeness (QED) is 0.755. The summed E-state index contributed by atoms with van der Waals surface area (Å²) in [5, 5.41) is 5.51. The predicted octanol–water partition coefficient (Wildman–Crippen LogP) is 2.38. The number of amides is 2. The molecule has 0 unspecified atom stereocenters. The lowest BCUT2D eigenvalue weighted by molar-refractivity contribution is -0.111. The van der Waals surface area contributed by atoms with Crippen molar-refractivity contribution in [3.05, 3.63) is 71.8 Å². The largest absolute Gasteiger partial charge is 0.323 e. The van der Waals surface area contributed by atoms with Crippen LogP contribution in [0.4, 0.5) is 11.4 Å². The average Bonchev–Trinajstić information content (AvgIpc) is 2.67. The molecule has 1 aliphatic rings. The van der Waals surface area contributed by atoms with Crippen molar-refractivity contribution in [3.63, 3.8) is 0 Å². The zero-order valence-electron chi connectivity index (χ0n) is 15.4. The molecule has 7 nitrogen and oxygen atoms in total. The van der Waals surface area contributed by atoms with Gasteiger partial charge in [-0.1, -0.05) is 24.8 Å². The minimum Gasteiger partial charge on any atom is -0.323 e. The molecular weight excluding hydrogens is 378 g/mol. The first-order chi connectivity index (χ1) is 13.3. The molecule has 2 aromatic rings. The lowest BCUT2D eigenvalue weighted by Crippen LogP contribution is -2.35. The summed E-state index contributed by atoms with van der Waals surface area (Å²) in [4.78, 5) is 24.1. The van der Waals surface area contributed by atoms with Crippen LogP contribution in [-0.2, 0) is 27.8 Å². The van der Waals surface area contributed by atoms with Crippen molar-refractivity contribution in [1.29, 1.82) is 0 Å². The van der Waals surface area contributed by atoms with Crippen LogP contribution in [0.2, 0.25) is 0 Å². The Labute approximate surface area is 164 Å². The molecule has 146 valence electrons. The van der Waals surface area contributed by atoms with Gasteiger partial charge in [0.25, 0.3) is 5.91 Å². The molecule has 1 aliphatic heterocycles. The minimum absolute atomic E-state index is 0.293. The summed E-state index contributed by atoms with van der Waals surface area (Å²) in [6, 6.07) is 12.1. The molecule has 0 aromatic heterocycles. The highest BCUT2D eigenvalue weighted by atomic mass is 32.2. The second kappa shape index (κ2) is 7.95. The van der Waals surface area contributed by atoms with E-state index in [9.17, 15) is 18.0 Å². The summed E-state index contributed by atoms with van der Waals surface area (Å²) in [5.41, 5.74) is 3.37. The van der Waals surface area contributed by atoms with Gasteiger partial charge in [0.15, 0.2) is 0 Å². The van der Waals surface area contributed by atoms with Crippen LogP contribution in [0.3, 0.4) is 0 Å². The van der Waals surface area contributed by atoms with Crippen LogP contribution >= 0.6 is 0 Å². The Morgan fingerprint density at radius 3 is 2.61 bits per heavy atom. The number of benzene rings is 2. The Morgan fingerprint density at radius 2 is 1.89 bits per heavy atom. The standard InChI is InChI=1S/C20H21N3O4S/c1-3-19(24)21-16-8-4-6-14(12-16)20(25)22-18-9-5-7-15-13-23(28(2,26)27)11-10-17(15)18/h3-9,12H,1,10-11,13H2,2H3,(H,21,24)(H,22,25). The van der Waals surface area contributed by atoms with E-state index in [-0.39, 0.29) is 11.8 Å². The third kappa shape index (κ3) is 4.47. The maximum Gasteiger partial charge on any atom is 0.255 e. The fourth-order valence-electron chi connectivity index (χ4n) is 3.11. The number of carbonyl (C=O) groups is 2. The van der Waals surface area contributed by atoms with E-state index in [1.807, 2.05) is 6.07 Å². The molecule has 0 saturated heterocycles. The van der Waals surface area contributed by atoms with Gasteiger partial charge in [0.05, 0.1) is 6.26 Å². The van der Waals surface area contributed by atoms with Crippen molar-refractivity contribution < 1.29 is 18.0 Å². The summed E-state index contributed by atoms with van der Waals surface area (Å²) < 4.78 is 25.0. The molecule has 0 atom stereocenters. The fourth-order valence-corrected chi connectivity index (χ4v) is 3.91. The molecule has 0 radical (unpaired) electrons. The van der Waals surface area contributed by atoms with Gasteiger partial charge in [0.1, 0.15) is 0 Å². The monoisotopic (exact) mass is 399 g/mol. The molecule has 0 spiro atoms. The van der Waals surface area contributed by atoms with Crippen molar-refractivity contribution in [3.8, 4) is 0 Å². The van der Waals surface area contributed by atoms with Gasteiger partial charge in [0, 0.05) is 30.0 Å². The predicted molar refractivity (Wildman–Crippen MR) is 109 cm³/mol. The molecular formula is C20H21N3O4S. The van der Waals surface area contributed by atoms with Gasteiger partial charge in [-0.3, -0.25) is 9.59 Å². The first-order valence-electron chi connectivity index (χ1n) is 8.68. The van der Waals surface area contributed by atoms with Gasteiger partial charge in [-0.05, 0) is 47.9 Å². The summed E-state index contributed by atoms with van der Waals surface area (Å²) >= 11 is 0. The molecule has 0 fully saturated rings. The van der Waals surface area contributed by atoms with E-state index in [1.165, 1.54) is 10.6 Å². The lowest BCUT2D eigenvalue weighted by atomic mass is 9.99. The molecule has 0 aliphatic carbocycles. The minimum atomic E-state index is -3.26. The van der Waals surface area contributed by atoms with Crippen LogP contribution in [-0.4, -0.2) is 37.3 Å². The number of sulfonamides is 1. The van der Waals surface area contributed by atoms with Crippen molar-refractivity contribution in [2.24, 2.45) is 0 Å². The van der Waals surface area contributed by atoms with E-state index >= 15 is 0 Å². The number of nitrogens with one attached hydrogen (secondary N) is 2. The molecule has 0 saturated carbocycles. The second-order valence-electron chi connectivity index (χ2n) is 6.52. The van der Waals surface area contributed by atoms with Gasteiger partial charge in [-0.2, -0.15) is 4.31 Å². The summed E-state index contributed by atoms with van der Waals surface area (Å²) in [6.07, 6.45) is 2.87. The Bertz CT molecular complexity index is 1050. The molecule has 2 aromatic carbocycles. The Kier molecular flexibility index (Phi) is 5.62. The first-order valence-corrected chi connectivity index (χ1v) is 10.5. The smallest absolute Gasteiger partial charge is 0.255 e. The van der Waals surface area contributed by atoms with Crippen molar-refractivity contribution in [2.45, 2.75) is 13.0 Å². The number of carbonyl (C=O) groups excluding carboxylic acids is 2. The fraction of sp³-hybridized carbons (Fsp3) is 0.200. The Hall–Kier alpha value is -2.97. The van der Waals surface area contributed by atoms with Gasteiger partial charge in [-0.15, -0.1) is 0 Å². The third-order valence-corrected chi connectivity index (χ3v) is 5.78. The van der Waals surface area contributed by atoms with Crippen LogP contribution in [0.25, 0.3) is 0 Å². The normalized spacial score (nSPS) is 14.0. The molecule has 1 heterocycles. The zero-order valence-corrected chi connectivity index (χ0v) is 16.3. The Balaban J connectivity index is 1.80. The van der Waals surface area contributed by atoms with Gasteiger partial charge in [-0.25, -0.2) is 8.42 Å². The lowest BCUT2D eigenvalue weighted by Gasteiger charge is -2.28. The zero-order chi connectivity index (χ0) is 20.3. The maximum absolute atomic E-state index is 12.7. The molecule has 2 amide bonds. The van der Waals surface area contributed by atoms with E-state index in [0.717, 1.165) is 17.2 Å². The summed E-state index contributed by atoms with van der Waals surface area (Å²) in [5.74, 6) is -0.668. The summed E-state index contributed by atoms with van der Waals surface area (Å²) in [6.45, 7) is 4.07. The number of nitrogens with zero attached hydrogens (tertiary/aromatic N) is 1. The van der Waals surface area contributed by atoms with Crippen LogP contribution < -0.4 is 10.6 Å². The van der Waals surface area contributed by atoms with Crippen LogP contribution in [0.15, 0.2) is 55.1 Å². The number of hydrogen-bond acceptors (Lipinski definition) is 4. The van der Waals surface area contributed by atoms with E-state index in [4.69, 9.17) is 0 Å². The first kappa shape index (κ1) is 19.8. The number of rotatable bonds is 5. The molecule has 0 bridgehead atoms. The van der Waals surface area contributed by atoms with Crippen molar-refractivity contribution >= 4 is 33.2 Å². The second-order valence-corrected chi connectivity index (χ2v) is 8.50. The van der Waals surface area contributed by atoms with Crippen LogP contribution in [0, 0.1) is 0 Å². The highest BCUT2D eigenvalue weighted by Gasteiger charge is 2.25. The number of hydrogen-bond donors (Lipinski definition) is 2. The van der Waals surface area contributed by atoms with Gasteiger partial charge < -0.3 is 10.6 Å². The van der Waals surface area contributed by atoms with Crippen molar-refractivity contribution in [1.82, 2.24) is 4.31 Å². The highest BCUT2D eigenvalue weighted by molar-refractivity contribution is 7.88. The van der Waals surface area contributed by atoms with E-state index in [2.05, 4.69) is 17.2 Å². The summed E-state index contributed by atoms with van der Waals surface area (Å²) in [7, 11) is -3.26. The SMILES string of the molecule is C=CC(=O)Nc1cccc(C(=O)Nc2cccc3c2CCN(S(C)(=O)=O)C3)c1. The van der Waals surface area contributed by atoms with Gasteiger partial charge >= 0.3 is 0 Å². The van der Waals surface area contributed by atoms with Crippen LogP contribution in [0.1, 0.15) is 21.5 Å². The molecule has 3 rings (SSSR count). The molecule has 28 heavy (non-hydrogen) atoms. The maximum atomic E-state index is 12.7. The third-order valence-electron chi connectivity index (χ3n) is 4.53. The van der Waals surface area contributed by atoms with E-state index in [1.54, 1.807) is 36.4 Å². The topological polar surface area (TPSA) is 95.6 Å². The molecule has 2 N–H and O–H groups in total. The highest BCUT2D eigenvalue weighted by Crippen LogP contribution is 2.27. The number of fused-ring (bicyclic) bond motifs is 1. The van der Waals surface area contributed by atoms with E-state index in [0.29, 0.717) is 36.4 Å². The average molecular weight is 399 g/mol. The van der Waals surface area contributed by atoms with Gasteiger partial charge in [0.2, 0.25) is 15.9 Å². The van der Waals surface area contributed by atoms with Crippen molar-refractivity contribution in [2.75, 3.05) is 23.4 Å². The van der Waals surface area contributed by atoms with E-state index < -0.39 is 10.0 Å². The Morgan fingerprint density at radius 1 is 1.14 bits per heavy atom.